The van der Waals surface area contributed by atoms with Crippen LogP contribution in [0.15, 0.2) is 18.3 Å². The van der Waals surface area contributed by atoms with Gasteiger partial charge < -0.3 is 9.72 Å². The second kappa shape index (κ2) is 4.39. The van der Waals surface area contributed by atoms with E-state index >= 15 is 0 Å². The van der Waals surface area contributed by atoms with Crippen molar-refractivity contribution in [2.45, 2.75) is 19.4 Å². The molecule has 16 heavy (non-hydrogen) atoms. The zero-order valence-electron chi connectivity index (χ0n) is 9.82. The maximum atomic E-state index is 11.9. The number of rotatable bonds is 3. The van der Waals surface area contributed by atoms with Crippen molar-refractivity contribution in [1.29, 1.82) is 0 Å². The summed E-state index contributed by atoms with van der Waals surface area (Å²) in [7, 11) is 0. The summed E-state index contributed by atoms with van der Waals surface area (Å²) in [4.78, 5) is 17.1. The van der Waals surface area contributed by atoms with E-state index in [9.17, 15) is 4.79 Å². The molecule has 4 heteroatoms. The van der Waals surface area contributed by atoms with Gasteiger partial charge in [-0.05, 0) is 26.0 Å². The minimum Gasteiger partial charge on any atom is -0.378 e. The van der Waals surface area contributed by atoms with Crippen molar-refractivity contribution in [3.05, 3.63) is 24.0 Å². The third-order valence-electron chi connectivity index (χ3n) is 3.05. The van der Waals surface area contributed by atoms with Gasteiger partial charge in [-0.2, -0.15) is 0 Å². The maximum Gasteiger partial charge on any atom is 0.192 e. The van der Waals surface area contributed by atoms with Crippen LogP contribution in [-0.2, 0) is 4.74 Å². The highest BCUT2D eigenvalue weighted by Gasteiger charge is 2.31. The van der Waals surface area contributed by atoms with E-state index in [1.54, 1.807) is 6.20 Å². The number of ether oxygens (including phenoxy) is 1. The summed E-state index contributed by atoms with van der Waals surface area (Å²) < 4.78 is 5.43. The highest BCUT2D eigenvalue weighted by molar-refractivity contribution is 5.95. The number of nitrogens with zero attached hydrogens (tertiary/aromatic N) is 1. The van der Waals surface area contributed by atoms with Crippen molar-refractivity contribution >= 4 is 5.78 Å². The van der Waals surface area contributed by atoms with Crippen LogP contribution in [0.25, 0.3) is 0 Å². The van der Waals surface area contributed by atoms with Gasteiger partial charge in [0.15, 0.2) is 5.78 Å². The molecule has 1 aromatic rings. The van der Waals surface area contributed by atoms with Crippen LogP contribution < -0.4 is 0 Å². The van der Waals surface area contributed by atoms with E-state index in [1.807, 2.05) is 12.1 Å². The van der Waals surface area contributed by atoms with Gasteiger partial charge in [-0.1, -0.05) is 0 Å². The first-order valence-corrected chi connectivity index (χ1v) is 5.59. The first-order chi connectivity index (χ1) is 7.59. The second-order valence-corrected chi connectivity index (χ2v) is 4.79. The highest BCUT2D eigenvalue weighted by Crippen LogP contribution is 2.19. The van der Waals surface area contributed by atoms with E-state index in [2.05, 4.69) is 23.7 Å². The van der Waals surface area contributed by atoms with Gasteiger partial charge in [-0.3, -0.25) is 9.69 Å². The fraction of sp³-hybridized carbons (Fsp3) is 0.583. The number of aromatic nitrogens is 1. The summed E-state index contributed by atoms with van der Waals surface area (Å²) >= 11 is 0. The molecular weight excluding hydrogens is 204 g/mol. The lowest BCUT2D eigenvalue weighted by Crippen LogP contribution is -2.54. The zero-order chi connectivity index (χ0) is 11.6. The molecule has 0 spiro atoms. The predicted molar refractivity (Wildman–Crippen MR) is 61.6 cm³/mol. The summed E-state index contributed by atoms with van der Waals surface area (Å²) in [6, 6.07) is 3.66. The van der Waals surface area contributed by atoms with E-state index in [0.29, 0.717) is 25.5 Å². The number of nitrogens with one attached hydrogen (secondary N) is 1. The first kappa shape index (κ1) is 11.4. The number of hydrogen-bond donors (Lipinski definition) is 1. The van der Waals surface area contributed by atoms with E-state index in [0.717, 1.165) is 6.54 Å². The maximum absolute atomic E-state index is 11.9. The molecule has 0 saturated carbocycles. The summed E-state index contributed by atoms with van der Waals surface area (Å²) in [5.74, 6) is 0.139. The average Bonchev–Trinajstić information content (AvgIpc) is 2.74. The Kier molecular flexibility index (Phi) is 3.12. The third-order valence-corrected chi connectivity index (χ3v) is 3.05. The van der Waals surface area contributed by atoms with Gasteiger partial charge in [0.05, 0.1) is 25.5 Å². The van der Waals surface area contributed by atoms with Crippen LogP contribution in [0, 0.1) is 0 Å². The lowest BCUT2D eigenvalue weighted by atomic mass is 10.0. The van der Waals surface area contributed by atoms with Crippen LogP contribution in [-0.4, -0.2) is 47.5 Å². The summed E-state index contributed by atoms with van der Waals surface area (Å²) in [6.07, 6.45) is 1.78. The molecule has 0 amide bonds. The quantitative estimate of drug-likeness (QED) is 0.784. The molecule has 0 unspecified atom stereocenters. The van der Waals surface area contributed by atoms with Gasteiger partial charge in [0.2, 0.25) is 0 Å². The Labute approximate surface area is 95.6 Å². The normalized spacial score (nSPS) is 20.9. The number of aromatic amines is 1. The SMILES string of the molecule is CC1(C)COCCN1CC(=O)c1ccc[nH]1. The fourth-order valence-corrected chi connectivity index (χ4v) is 1.95. The van der Waals surface area contributed by atoms with E-state index in [4.69, 9.17) is 4.74 Å². The average molecular weight is 222 g/mol. The molecule has 1 aromatic heterocycles. The molecule has 0 aliphatic carbocycles. The van der Waals surface area contributed by atoms with Crippen molar-refractivity contribution in [2.75, 3.05) is 26.3 Å². The van der Waals surface area contributed by atoms with Crippen LogP contribution in [0.2, 0.25) is 0 Å². The van der Waals surface area contributed by atoms with Gasteiger partial charge in [0.1, 0.15) is 0 Å². The Balaban J connectivity index is 2.01. The van der Waals surface area contributed by atoms with Crippen molar-refractivity contribution in [3.63, 3.8) is 0 Å². The molecule has 1 fully saturated rings. The van der Waals surface area contributed by atoms with Gasteiger partial charge in [-0.25, -0.2) is 0 Å². The molecule has 0 aromatic carbocycles. The van der Waals surface area contributed by atoms with Crippen molar-refractivity contribution < 1.29 is 9.53 Å². The molecule has 0 bridgehead atoms. The molecule has 2 heterocycles. The van der Waals surface area contributed by atoms with E-state index in [-0.39, 0.29) is 11.3 Å². The van der Waals surface area contributed by atoms with Gasteiger partial charge >= 0.3 is 0 Å². The molecule has 2 rings (SSSR count). The number of Topliss-reactive ketones (excluding diaryl/α,β-unsaturated/α-hetero) is 1. The molecular formula is C12H18N2O2. The Morgan fingerprint density at radius 3 is 3.06 bits per heavy atom. The van der Waals surface area contributed by atoms with Crippen LogP contribution in [0.3, 0.4) is 0 Å². The number of carbonyl (C=O) groups is 1. The molecule has 1 aliphatic heterocycles. The van der Waals surface area contributed by atoms with Gasteiger partial charge in [0.25, 0.3) is 0 Å². The van der Waals surface area contributed by atoms with Crippen LogP contribution >= 0.6 is 0 Å². The Hall–Kier alpha value is -1.13. The van der Waals surface area contributed by atoms with Crippen LogP contribution in [0.1, 0.15) is 24.3 Å². The largest absolute Gasteiger partial charge is 0.378 e. The molecule has 4 nitrogen and oxygen atoms in total. The Morgan fingerprint density at radius 2 is 2.44 bits per heavy atom. The summed E-state index contributed by atoms with van der Waals surface area (Å²) in [5.41, 5.74) is 0.628. The van der Waals surface area contributed by atoms with E-state index in [1.165, 1.54) is 0 Å². The second-order valence-electron chi connectivity index (χ2n) is 4.79. The molecule has 0 atom stereocenters. The first-order valence-electron chi connectivity index (χ1n) is 5.59. The van der Waals surface area contributed by atoms with E-state index < -0.39 is 0 Å². The van der Waals surface area contributed by atoms with Crippen LogP contribution in [0.5, 0.6) is 0 Å². The number of H-pyrrole nitrogens is 1. The predicted octanol–water partition coefficient (Wildman–Crippen LogP) is 1.31. The Bertz CT molecular complexity index is 357. The number of hydrogen-bond acceptors (Lipinski definition) is 3. The minimum atomic E-state index is -0.0551. The molecule has 88 valence electrons. The molecule has 1 N–H and O–H groups in total. The third kappa shape index (κ3) is 2.33. The van der Waals surface area contributed by atoms with Crippen molar-refractivity contribution in [1.82, 2.24) is 9.88 Å². The highest BCUT2D eigenvalue weighted by atomic mass is 16.5. The van der Waals surface area contributed by atoms with Crippen LogP contribution in [0.4, 0.5) is 0 Å². The summed E-state index contributed by atoms with van der Waals surface area (Å²) in [6.45, 7) is 6.88. The number of morpholine rings is 1. The number of ketones is 1. The zero-order valence-corrected chi connectivity index (χ0v) is 9.82. The topological polar surface area (TPSA) is 45.3 Å². The fourth-order valence-electron chi connectivity index (χ4n) is 1.95. The molecule has 0 radical (unpaired) electrons. The lowest BCUT2D eigenvalue weighted by Gasteiger charge is -2.41. The van der Waals surface area contributed by atoms with Gasteiger partial charge in [0, 0.05) is 18.3 Å². The summed E-state index contributed by atoms with van der Waals surface area (Å²) in [5, 5.41) is 0. The Morgan fingerprint density at radius 1 is 1.62 bits per heavy atom. The molecule has 1 aliphatic rings. The standard InChI is InChI=1S/C12H18N2O2/c1-12(2)9-16-7-6-14(12)8-11(15)10-4-3-5-13-10/h3-5,13H,6-9H2,1-2H3. The van der Waals surface area contributed by atoms with Crippen molar-refractivity contribution in [3.8, 4) is 0 Å². The van der Waals surface area contributed by atoms with Gasteiger partial charge in [-0.15, -0.1) is 0 Å². The minimum absolute atomic E-state index is 0.0551. The lowest BCUT2D eigenvalue weighted by molar-refractivity contribution is -0.0467. The number of carbonyl (C=O) groups excluding carboxylic acids is 1. The molecule has 1 saturated heterocycles. The monoisotopic (exact) mass is 222 g/mol. The smallest absolute Gasteiger partial charge is 0.192 e. The van der Waals surface area contributed by atoms with Crippen molar-refractivity contribution in [2.24, 2.45) is 0 Å².